The molecule has 0 unspecified atom stereocenters. The van der Waals surface area contributed by atoms with Gasteiger partial charge < -0.3 is 19.5 Å². The van der Waals surface area contributed by atoms with Crippen LogP contribution >= 0.6 is 11.8 Å². The van der Waals surface area contributed by atoms with E-state index in [1.165, 1.54) is 14.2 Å². The Morgan fingerprint density at radius 2 is 2.11 bits per heavy atom. The predicted molar refractivity (Wildman–Crippen MR) is 104 cm³/mol. The number of benzene rings is 1. The summed E-state index contributed by atoms with van der Waals surface area (Å²) >= 11 is 0.807. The lowest BCUT2D eigenvalue weighted by molar-refractivity contribution is -0.129. The van der Waals surface area contributed by atoms with Crippen molar-refractivity contribution in [2.45, 2.75) is 18.9 Å². The molecular weight excluding hydrogens is 384 g/mol. The Kier molecular flexibility index (Phi) is 6.58. The van der Waals surface area contributed by atoms with Gasteiger partial charge in [0.2, 0.25) is 5.91 Å². The molecule has 0 saturated carbocycles. The third-order valence-corrected chi connectivity index (χ3v) is 5.34. The van der Waals surface area contributed by atoms with Crippen LogP contribution in [0.3, 0.4) is 0 Å². The number of hydrogen-bond acceptors (Lipinski definition) is 7. The van der Waals surface area contributed by atoms with Gasteiger partial charge in [0.1, 0.15) is 6.54 Å². The smallest absolute Gasteiger partial charge is 0.294 e. The molecule has 2 heterocycles. The molecule has 28 heavy (non-hydrogen) atoms. The van der Waals surface area contributed by atoms with Gasteiger partial charge in [-0.1, -0.05) is 6.07 Å². The zero-order valence-electron chi connectivity index (χ0n) is 15.7. The van der Waals surface area contributed by atoms with Gasteiger partial charge in [-0.15, -0.1) is 0 Å². The van der Waals surface area contributed by atoms with E-state index >= 15 is 0 Å². The van der Waals surface area contributed by atoms with Gasteiger partial charge in [0.25, 0.3) is 11.1 Å². The summed E-state index contributed by atoms with van der Waals surface area (Å²) in [5.74, 6) is 0.210. The lowest BCUT2D eigenvalue weighted by Crippen LogP contribution is -2.41. The summed E-state index contributed by atoms with van der Waals surface area (Å²) in [5.41, 5.74) is 0.686. The van der Waals surface area contributed by atoms with E-state index in [0.29, 0.717) is 30.2 Å². The summed E-state index contributed by atoms with van der Waals surface area (Å²) in [6.45, 7) is 0.780. The third kappa shape index (κ3) is 4.66. The summed E-state index contributed by atoms with van der Waals surface area (Å²) in [5, 5.41) is 2.25. The van der Waals surface area contributed by atoms with E-state index in [1.807, 2.05) is 0 Å². The number of carbonyl (C=O) groups excluding carboxylic acids is 3. The minimum Gasteiger partial charge on any atom is -0.493 e. The van der Waals surface area contributed by atoms with E-state index in [0.717, 1.165) is 29.5 Å². The SMILES string of the molecule is COc1ccc(/C=C2\SC(=O)N(CC(=O)NC[C@H]3CCCO3)C2=O)cc1OC. The molecule has 0 bridgehead atoms. The van der Waals surface area contributed by atoms with Crippen LogP contribution in [0, 0.1) is 0 Å². The van der Waals surface area contributed by atoms with Crippen molar-refractivity contribution in [3.8, 4) is 11.5 Å². The molecule has 0 radical (unpaired) electrons. The van der Waals surface area contributed by atoms with Gasteiger partial charge in [-0.3, -0.25) is 19.3 Å². The van der Waals surface area contributed by atoms with Crippen molar-refractivity contribution in [3.05, 3.63) is 28.7 Å². The van der Waals surface area contributed by atoms with Crippen molar-refractivity contribution in [2.24, 2.45) is 0 Å². The molecule has 2 saturated heterocycles. The molecule has 1 atom stereocenters. The molecule has 3 rings (SSSR count). The van der Waals surface area contributed by atoms with Crippen LogP contribution in [0.1, 0.15) is 18.4 Å². The highest BCUT2D eigenvalue weighted by Gasteiger charge is 2.36. The van der Waals surface area contributed by atoms with Gasteiger partial charge in [-0.25, -0.2) is 0 Å². The topological polar surface area (TPSA) is 94.2 Å². The minimum atomic E-state index is -0.489. The van der Waals surface area contributed by atoms with Crippen LogP contribution in [-0.4, -0.2) is 62.0 Å². The first-order valence-corrected chi connectivity index (χ1v) is 9.69. The molecule has 1 N–H and O–H groups in total. The van der Waals surface area contributed by atoms with Crippen molar-refractivity contribution in [1.82, 2.24) is 10.2 Å². The highest BCUT2D eigenvalue weighted by Crippen LogP contribution is 2.34. The van der Waals surface area contributed by atoms with Gasteiger partial charge in [0.15, 0.2) is 11.5 Å². The fourth-order valence-corrected chi connectivity index (χ4v) is 3.80. The van der Waals surface area contributed by atoms with E-state index in [2.05, 4.69) is 5.32 Å². The molecule has 9 heteroatoms. The molecule has 150 valence electrons. The normalized spacial score (nSPS) is 20.7. The second-order valence-corrected chi connectivity index (χ2v) is 7.31. The Labute approximate surface area is 167 Å². The fourth-order valence-electron chi connectivity index (χ4n) is 2.96. The molecule has 2 aliphatic heterocycles. The zero-order chi connectivity index (χ0) is 20.1. The minimum absolute atomic E-state index is 0.00353. The van der Waals surface area contributed by atoms with Crippen molar-refractivity contribution in [2.75, 3.05) is 33.9 Å². The third-order valence-electron chi connectivity index (χ3n) is 4.43. The van der Waals surface area contributed by atoms with Gasteiger partial charge in [-0.2, -0.15) is 0 Å². The van der Waals surface area contributed by atoms with Crippen LogP contribution < -0.4 is 14.8 Å². The van der Waals surface area contributed by atoms with E-state index < -0.39 is 11.1 Å². The van der Waals surface area contributed by atoms with E-state index in [1.54, 1.807) is 24.3 Å². The van der Waals surface area contributed by atoms with Gasteiger partial charge in [0.05, 0.1) is 25.2 Å². The molecule has 2 aliphatic rings. The van der Waals surface area contributed by atoms with E-state index in [-0.39, 0.29) is 23.5 Å². The summed E-state index contributed by atoms with van der Waals surface area (Å²) < 4.78 is 15.9. The quantitative estimate of drug-likeness (QED) is 0.693. The first kappa shape index (κ1) is 20.2. The lowest BCUT2D eigenvalue weighted by Gasteiger charge is -2.14. The second kappa shape index (κ2) is 9.11. The number of methoxy groups -OCH3 is 2. The Hall–Kier alpha value is -2.52. The summed E-state index contributed by atoms with van der Waals surface area (Å²) in [6, 6.07) is 5.18. The largest absolute Gasteiger partial charge is 0.493 e. The molecule has 8 nitrogen and oxygen atoms in total. The number of hydrogen-bond donors (Lipinski definition) is 1. The first-order valence-electron chi connectivity index (χ1n) is 8.87. The number of thioether (sulfide) groups is 1. The van der Waals surface area contributed by atoms with Crippen molar-refractivity contribution < 1.29 is 28.6 Å². The van der Waals surface area contributed by atoms with Crippen molar-refractivity contribution >= 4 is 34.9 Å². The molecule has 0 spiro atoms. The second-order valence-electron chi connectivity index (χ2n) is 6.32. The average molecular weight is 406 g/mol. The summed E-state index contributed by atoms with van der Waals surface area (Å²) in [6.07, 6.45) is 3.47. The van der Waals surface area contributed by atoms with Crippen LogP contribution in [0.5, 0.6) is 11.5 Å². The van der Waals surface area contributed by atoms with Gasteiger partial charge in [0, 0.05) is 13.2 Å². The number of rotatable bonds is 7. The highest BCUT2D eigenvalue weighted by atomic mass is 32.2. The molecular formula is C19H22N2O6S. The number of nitrogens with one attached hydrogen (secondary N) is 1. The lowest BCUT2D eigenvalue weighted by atomic mass is 10.2. The van der Waals surface area contributed by atoms with Crippen LogP contribution in [-0.2, 0) is 14.3 Å². The maximum atomic E-state index is 12.5. The van der Waals surface area contributed by atoms with E-state index in [9.17, 15) is 14.4 Å². The maximum Gasteiger partial charge on any atom is 0.294 e. The Morgan fingerprint density at radius 3 is 2.79 bits per heavy atom. The van der Waals surface area contributed by atoms with Crippen LogP contribution in [0.4, 0.5) is 4.79 Å². The average Bonchev–Trinajstić information content (AvgIpc) is 3.30. The zero-order valence-corrected chi connectivity index (χ0v) is 16.5. The molecule has 2 fully saturated rings. The van der Waals surface area contributed by atoms with Gasteiger partial charge >= 0.3 is 0 Å². The number of imide groups is 1. The standard InChI is InChI=1S/C19H22N2O6S/c1-25-14-6-5-12(8-15(14)26-2)9-16-18(23)21(19(24)28-16)11-17(22)20-10-13-4-3-7-27-13/h5-6,8-9,13H,3-4,7,10-11H2,1-2H3,(H,20,22)/b16-9-/t13-/m1/s1. The van der Waals surface area contributed by atoms with E-state index in [4.69, 9.17) is 14.2 Å². The Balaban J connectivity index is 1.64. The monoisotopic (exact) mass is 406 g/mol. The Morgan fingerprint density at radius 1 is 1.32 bits per heavy atom. The van der Waals surface area contributed by atoms with Crippen LogP contribution in [0.15, 0.2) is 23.1 Å². The number of amides is 3. The highest BCUT2D eigenvalue weighted by molar-refractivity contribution is 8.18. The number of ether oxygens (including phenoxy) is 3. The maximum absolute atomic E-state index is 12.5. The van der Waals surface area contributed by atoms with Crippen LogP contribution in [0.2, 0.25) is 0 Å². The van der Waals surface area contributed by atoms with Gasteiger partial charge in [-0.05, 0) is 48.4 Å². The Bertz CT molecular complexity index is 804. The fraction of sp³-hybridized carbons (Fsp3) is 0.421. The molecule has 1 aromatic carbocycles. The summed E-state index contributed by atoms with van der Waals surface area (Å²) in [4.78, 5) is 38.0. The molecule has 1 aromatic rings. The molecule has 3 amide bonds. The molecule has 0 aromatic heterocycles. The predicted octanol–water partition coefficient (Wildman–Crippen LogP) is 2.04. The van der Waals surface area contributed by atoms with Crippen molar-refractivity contribution in [3.63, 3.8) is 0 Å². The van der Waals surface area contributed by atoms with Crippen LogP contribution in [0.25, 0.3) is 6.08 Å². The first-order chi connectivity index (χ1) is 13.5. The molecule has 0 aliphatic carbocycles. The number of carbonyl (C=O) groups is 3. The number of nitrogens with zero attached hydrogens (tertiary/aromatic N) is 1. The van der Waals surface area contributed by atoms with Crippen molar-refractivity contribution in [1.29, 1.82) is 0 Å². The summed E-state index contributed by atoms with van der Waals surface area (Å²) in [7, 11) is 3.05.